The molecule has 1 amide bonds. The highest BCUT2D eigenvalue weighted by Gasteiger charge is 2.18. The van der Waals surface area contributed by atoms with Gasteiger partial charge in [-0.2, -0.15) is 0 Å². The molecule has 5 nitrogen and oxygen atoms in total. The van der Waals surface area contributed by atoms with Gasteiger partial charge >= 0.3 is 5.97 Å². The van der Waals surface area contributed by atoms with Gasteiger partial charge in [0.2, 0.25) is 0 Å². The van der Waals surface area contributed by atoms with Gasteiger partial charge in [0, 0.05) is 16.1 Å². The minimum atomic E-state index is -1.06. The molecule has 1 aromatic rings. The first kappa shape index (κ1) is 16.2. The van der Waals surface area contributed by atoms with E-state index in [1.165, 1.54) is 6.08 Å². The Morgan fingerprint density at radius 3 is 2.65 bits per heavy atom. The van der Waals surface area contributed by atoms with Crippen molar-refractivity contribution in [2.75, 3.05) is 0 Å². The average molecular weight is 342 g/mol. The first-order valence-corrected chi connectivity index (χ1v) is 6.81. The maximum absolute atomic E-state index is 11.3. The number of amides is 1. The Morgan fingerprint density at radius 1 is 1.50 bits per heavy atom. The van der Waals surface area contributed by atoms with Crippen LogP contribution in [0.2, 0.25) is 0 Å². The Bertz CT molecular complexity index is 554. The normalized spacial score (nSPS) is 12.3. The molecule has 0 aliphatic carbocycles. The maximum atomic E-state index is 11.3. The van der Waals surface area contributed by atoms with E-state index < -0.39 is 18.0 Å². The molecule has 0 heterocycles. The second-order valence-corrected chi connectivity index (χ2v) is 5.15. The molecule has 20 heavy (non-hydrogen) atoms. The first-order valence-electron chi connectivity index (χ1n) is 6.02. The molecule has 0 spiro atoms. The van der Waals surface area contributed by atoms with Crippen LogP contribution in [0.1, 0.15) is 24.5 Å². The van der Waals surface area contributed by atoms with Crippen LogP contribution in [0.15, 0.2) is 22.7 Å². The average Bonchev–Trinajstić information content (AvgIpc) is 2.34. The summed E-state index contributed by atoms with van der Waals surface area (Å²) in [6, 6.07) is 3.54. The summed E-state index contributed by atoms with van der Waals surface area (Å²) in [6.45, 7) is 3.60. The first-order chi connectivity index (χ1) is 9.35. The number of carbonyl (C=O) groups is 2. The topological polar surface area (TPSA) is 89.6 Å². The van der Waals surface area contributed by atoms with Crippen LogP contribution in [0, 0.1) is 6.92 Å². The summed E-state index contributed by atoms with van der Waals surface area (Å²) in [6.07, 6.45) is 2.13. The fourth-order valence-corrected chi connectivity index (χ4v) is 2.28. The minimum Gasteiger partial charge on any atom is -0.480 e. The minimum absolute atomic E-state index is 0.437. The molecule has 0 radical (unpaired) electrons. The third-order valence-corrected chi connectivity index (χ3v) is 3.08. The number of aliphatic carboxylic acids is 1. The lowest BCUT2D eigenvalue weighted by Crippen LogP contribution is -2.33. The zero-order valence-electron chi connectivity index (χ0n) is 11.2. The number of carboxylic acid groups (broad SMARTS) is 1. The number of aryl methyl sites for hydroxylation is 1. The van der Waals surface area contributed by atoms with Gasteiger partial charge < -0.3 is 15.6 Å². The van der Waals surface area contributed by atoms with Crippen molar-refractivity contribution in [3.8, 4) is 5.75 Å². The summed E-state index contributed by atoms with van der Waals surface area (Å²) < 4.78 is 6.43. The molecular formula is C14H16BrNO4. The van der Waals surface area contributed by atoms with Crippen molar-refractivity contribution >= 4 is 33.9 Å². The van der Waals surface area contributed by atoms with Crippen LogP contribution in [0.4, 0.5) is 0 Å². The maximum Gasteiger partial charge on any atom is 0.328 e. The number of carboxylic acids is 1. The van der Waals surface area contributed by atoms with E-state index >= 15 is 0 Å². The molecule has 1 aromatic carbocycles. The van der Waals surface area contributed by atoms with Gasteiger partial charge in [-0.3, -0.25) is 4.79 Å². The lowest BCUT2D eigenvalue weighted by atomic mass is 10.1. The van der Waals surface area contributed by atoms with Crippen LogP contribution in [0.5, 0.6) is 5.75 Å². The van der Waals surface area contributed by atoms with Crippen LogP contribution < -0.4 is 10.5 Å². The Labute approximate surface area is 125 Å². The number of hydrogen-bond acceptors (Lipinski definition) is 3. The van der Waals surface area contributed by atoms with Crippen molar-refractivity contribution in [3.05, 3.63) is 33.8 Å². The van der Waals surface area contributed by atoms with Crippen molar-refractivity contribution in [2.45, 2.75) is 26.4 Å². The van der Waals surface area contributed by atoms with Crippen LogP contribution in [0.25, 0.3) is 6.08 Å². The van der Waals surface area contributed by atoms with Gasteiger partial charge in [-0.25, -0.2) is 4.79 Å². The number of halogens is 1. The number of hydrogen-bond donors (Lipinski definition) is 2. The van der Waals surface area contributed by atoms with Gasteiger partial charge in [0.05, 0.1) is 0 Å². The molecule has 3 N–H and O–H groups in total. The van der Waals surface area contributed by atoms with E-state index in [4.69, 9.17) is 15.6 Å². The summed E-state index contributed by atoms with van der Waals surface area (Å²) >= 11 is 3.34. The summed E-state index contributed by atoms with van der Waals surface area (Å²) in [5, 5.41) is 8.71. The Kier molecular flexibility index (Phi) is 5.76. The number of nitrogens with two attached hydrogens (primary N) is 1. The van der Waals surface area contributed by atoms with E-state index in [2.05, 4.69) is 15.9 Å². The Balaban J connectivity index is 3.22. The van der Waals surface area contributed by atoms with Crippen LogP contribution >= 0.6 is 15.9 Å². The summed E-state index contributed by atoms with van der Waals surface area (Å²) in [5.74, 6) is -1.16. The van der Waals surface area contributed by atoms with Crippen molar-refractivity contribution in [3.63, 3.8) is 0 Å². The van der Waals surface area contributed by atoms with Gasteiger partial charge in [-0.1, -0.05) is 22.9 Å². The quantitative estimate of drug-likeness (QED) is 0.778. The number of carbonyl (C=O) groups excluding carboxylic acids is 1. The third kappa shape index (κ3) is 4.38. The molecule has 0 saturated carbocycles. The highest BCUT2D eigenvalue weighted by molar-refractivity contribution is 9.10. The zero-order chi connectivity index (χ0) is 15.3. The van der Waals surface area contributed by atoms with Crippen LogP contribution in [-0.4, -0.2) is 23.1 Å². The third-order valence-electron chi connectivity index (χ3n) is 2.62. The summed E-state index contributed by atoms with van der Waals surface area (Å²) in [5.41, 5.74) is 6.61. The molecule has 1 atom stereocenters. The van der Waals surface area contributed by atoms with E-state index in [0.29, 0.717) is 17.7 Å². The van der Waals surface area contributed by atoms with Gasteiger partial charge in [0.15, 0.2) is 6.10 Å². The van der Waals surface area contributed by atoms with Crippen molar-refractivity contribution in [1.29, 1.82) is 0 Å². The van der Waals surface area contributed by atoms with Gasteiger partial charge in [-0.05, 0) is 37.1 Å². The SMILES string of the molecule is CCC(Oc1c(C)cc(Br)cc1/C=C/C(=O)O)C(N)=O. The highest BCUT2D eigenvalue weighted by atomic mass is 79.9. The highest BCUT2D eigenvalue weighted by Crippen LogP contribution is 2.30. The van der Waals surface area contributed by atoms with E-state index in [1.807, 2.05) is 13.0 Å². The number of benzene rings is 1. The predicted octanol–water partition coefficient (Wildman–Crippen LogP) is 2.50. The second-order valence-electron chi connectivity index (χ2n) is 4.23. The van der Waals surface area contributed by atoms with Crippen LogP contribution in [-0.2, 0) is 9.59 Å². The second kappa shape index (κ2) is 7.09. The van der Waals surface area contributed by atoms with E-state index in [1.54, 1.807) is 13.0 Å². The smallest absolute Gasteiger partial charge is 0.328 e. The van der Waals surface area contributed by atoms with Crippen molar-refractivity contribution < 1.29 is 19.4 Å². The lowest BCUT2D eigenvalue weighted by molar-refractivity contribution is -0.131. The van der Waals surface area contributed by atoms with Crippen LogP contribution in [0.3, 0.4) is 0 Å². The fraction of sp³-hybridized carbons (Fsp3) is 0.286. The lowest BCUT2D eigenvalue weighted by Gasteiger charge is -2.18. The molecular weight excluding hydrogens is 326 g/mol. The number of ether oxygens (including phenoxy) is 1. The van der Waals surface area contributed by atoms with Crippen molar-refractivity contribution in [1.82, 2.24) is 0 Å². The van der Waals surface area contributed by atoms with Gasteiger partial charge in [-0.15, -0.1) is 0 Å². The van der Waals surface area contributed by atoms with E-state index in [0.717, 1.165) is 16.1 Å². The Hall–Kier alpha value is -1.82. The Morgan fingerprint density at radius 2 is 2.15 bits per heavy atom. The standard InChI is InChI=1S/C14H16BrNO4/c1-3-11(14(16)19)20-13-8(2)6-10(15)7-9(13)4-5-12(17)18/h4-7,11H,3H2,1-2H3,(H2,16,19)(H,17,18)/b5-4+. The van der Waals surface area contributed by atoms with Gasteiger partial charge in [0.25, 0.3) is 5.91 Å². The fourth-order valence-electron chi connectivity index (χ4n) is 1.69. The summed E-state index contributed by atoms with van der Waals surface area (Å²) in [4.78, 5) is 21.9. The molecule has 0 aliphatic heterocycles. The molecule has 6 heteroatoms. The van der Waals surface area contributed by atoms with Crippen molar-refractivity contribution in [2.24, 2.45) is 5.73 Å². The molecule has 0 bridgehead atoms. The predicted molar refractivity (Wildman–Crippen MR) is 79.5 cm³/mol. The molecule has 0 fully saturated rings. The molecule has 0 saturated heterocycles. The molecule has 0 aliphatic rings. The van der Waals surface area contributed by atoms with E-state index in [9.17, 15) is 9.59 Å². The largest absolute Gasteiger partial charge is 0.480 e. The number of primary amides is 1. The van der Waals surface area contributed by atoms with E-state index in [-0.39, 0.29) is 0 Å². The molecule has 0 aromatic heterocycles. The van der Waals surface area contributed by atoms with Gasteiger partial charge in [0.1, 0.15) is 5.75 Å². The number of rotatable bonds is 6. The molecule has 108 valence electrons. The zero-order valence-corrected chi connectivity index (χ0v) is 12.8. The molecule has 1 rings (SSSR count). The monoisotopic (exact) mass is 341 g/mol. The molecule has 1 unspecified atom stereocenters. The summed E-state index contributed by atoms with van der Waals surface area (Å²) in [7, 11) is 0.